The number of anilines is 1. The van der Waals surface area contributed by atoms with Crippen molar-refractivity contribution in [1.82, 2.24) is 5.43 Å². The molecule has 11 heteroatoms. The number of non-ortho nitro benzene ring substituents is 1. The average molecular weight is 390 g/mol. The van der Waals surface area contributed by atoms with Crippen molar-refractivity contribution in [2.45, 2.75) is 13.8 Å². The van der Waals surface area contributed by atoms with Gasteiger partial charge in [0.2, 0.25) is 0 Å². The Bertz CT molecular complexity index is 901. The molecule has 0 unspecified atom stereocenters. The van der Waals surface area contributed by atoms with Crippen LogP contribution in [0.3, 0.4) is 0 Å². The molecule has 0 fully saturated rings. The van der Waals surface area contributed by atoms with Crippen molar-refractivity contribution in [2.24, 2.45) is 0 Å². The summed E-state index contributed by atoms with van der Waals surface area (Å²) in [5.74, 6) is 0.287. The molecule has 0 saturated carbocycles. The Labute approximate surface area is 159 Å². The largest absolute Gasteiger partial charge is 0.490 e. The highest BCUT2D eigenvalue weighted by molar-refractivity contribution is 5.95. The molecule has 2 rings (SSSR count). The van der Waals surface area contributed by atoms with E-state index < -0.39 is 27.1 Å². The second kappa shape index (κ2) is 9.16. The number of carbonyl (C=O) groups excluding carboxylic acids is 1. The van der Waals surface area contributed by atoms with E-state index >= 15 is 0 Å². The van der Waals surface area contributed by atoms with Crippen LogP contribution < -0.4 is 20.3 Å². The summed E-state index contributed by atoms with van der Waals surface area (Å²) in [7, 11) is 0. The van der Waals surface area contributed by atoms with E-state index in [1.807, 2.05) is 6.92 Å². The summed E-state index contributed by atoms with van der Waals surface area (Å²) in [4.78, 5) is 32.7. The number of benzene rings is 2. The first kappa shape index (κ1) is 20.4. The molecular weight excluding hydrogens is 372 g/mol. The minimum Gasteiger partial charge on any atom is -0.490 e. The van der Waals surface area contributed by atoms with Crippen molar-refractivity contribution in [3.05, 3.63) is 62.2 Å². The van der Waals surface area contributed by atoms with Crippen molar-refractivity contribution in [2.75, 3.05) is 18.6 Å². The van der Waals surface area contributed by atoms with Gasteiger partial charge in [-0.15, -0.1) is 0 Å². The van der Waals surface area contributed by atoms with Crippen molar-refractivity contribution < 1.29 is 24.1 Å². The van der Waals surface area contributed by atoms with E-state index in [9.17, 15) is 25.0 Å². The minimum absolute atomic E-state index is 0.0973. The molecule has 0 aliphatic carbocycles. The Morgan fingerprint density at radius 2 is 1.64 bits per heavy atom. The van der Waals surface area contributed by atoms with Gasteiger partial charge in [0, 0.05) is 11.6 Å². The molecule has 28 heavy (non-hydrogen) atoms. The van der Waals surface area contributed by atoms with Crippen LogP contribution in [0.5, 0.6) is 11.5 Å². The summed E-state index contributed by atoms with van der Waals surface area (Å²) in [6, 6.07) is 7.60. The van der Waals surface area contributed by atoms with Crippen LogP contribution in [0, 0.1) is 20.2 Å². The van der Waals surface area contributed by atoms with Crippen molar-refractivity contribution in [3.63, 3.8) is 0 Å². The molecule has 1 amide bonds. The molecule has 2 aromatic carbocycles. The third kappa shape index (κ3) is 4.84. The van der Waals surface area contributed by atoms with Crippen LogP contribution in [0.1, 0.15) is 24.2 Å². The van der Waals surface area contributed by atoms with Crippen molar-refractivity contribution in [3.8, 4) is 11.5 Å². The molecule has 0 aromatic heterocycles. The molecule has 0 radical (unpaired) electrons. The van der Waals surface area contributed by atoms with Gasteiger partial charge >= 0.3 is 5.69 Å². The number of ether oxygens (including phenoxy) is 2. The molecule has 2 N–H and O–H groups in total. The second-order valence-corrected chi connectivity index (χ2v) is 5.32. The first-order valence-electron chi connectivity index (χ1n) is 8.26. The van der Waals surface area contributed by atoms with Crippen molar-refractivity contribution in [1.29, 1.82) is 0 Å². The Balaban J connectivity index is 2.19. The van der Waals surface area contributed by atoms with Gasteiger partial charge in [-0.05, 0) is 38.1 Å². The number of rotatable bonds is 9. The number of hydrogen-bond acceptors (Lipinski definition) is 8. The van der Waals surface area contributed by atoms with Gasteiger partial charge in [0.05, 0.1) is 29.1 Å². The zero-order chi connectivity index (χ0) is 20.7. The van der Waals surface area contributed by atoms with Gasteiger partial charge in [0.1, 0.15) is 5.69 Å². The first-order chi connectivity index (χ1) is 13.4. The molecular formula is C17H18N4O7. The van der Waals surface area contributed by atoms with E-state index in [2.05, 4.69) is 10.9 Å². The highest BCUT2D eigenvalue weighted by Crippen LogP contribution is 2.30. The van der Waals surface area contributed by atoms with Gasteiger partial charge < -0.3 is 9.47 Å². The van der Waals surface area contributed by atoms with Crippen LogP contribution in [0.4, 0.5) is 17.1 Å². The predicted octanol–water partition coefficient (Wildman–Crippen LogP) is 3.06. The normalized spacial score (nSPS) is 10.1. The van der Waals surface area contributed by atoms with E-state index in [0.717, 1.165) is 18.2 Å². The maximum atomic E-state index is 12.4. The first-order valence-corrected chi connectivity index (χ1v) is 8.26. The zero-order valence-corrected chi connectivity index (χ0v) is 15.1. The van der Waals surface area contributed by atoms with Gasteiger partial charge in [0.15, 0.2) is 11.5 Å². The highest BCUT2D eigenvalue weighted by atomic mass is 16.6. The second-order valence-electron chi connectivity index (χ2n) is 5.32. The van der Waals surface area contributed by atoms with Crippen LogP contribution in [-0.2, 0) is 0 Å². The molecule has 0 heterocycles. The lowest BCUT2D eigenvalue weighted by Gasteiger charge is -2.13. The summed E-state index contributed by atoms with van der Waals surface area (Å²) >= 11 is 0. The SMILES string of the molecule is CCOc1ccc(C(=O)NNc2ccc([N+](=O)[O-])cc2[N+](=O)[O-])cc1OCC. The third-order valence-corrected chi connectivity index (χ3v) is 3.51. The van der Waals surface area contributed by atoms with E-state index in [1.54, 1.807) is 13.0 Å². The molecule has 0 aliphatic heterocycles. The molecule has 0 aliphatic rings. The summed E-state index contributed by atoms with van der Waals surface area (Å²) in [5, 5.41) is 21.9. The molecule has 148 valence electrons. The van der Waals surface area contributed by atoms with Crippen LogP contribution >= 0.6 is 0 Å². The summed E-state index contributed by atoms with van der Waals surface area (Å²) in [6.07, 6.45) is 0. The lowest BCUT2D eigenvalue weighted by molar-refractivity contribution is -0.393. The van der Waals surface area contributed by atoms with E-state index in [0.29, 0.717) is 24.7 Å². The number of nitrogens with one attached hydrogen (secondary N) is 2. The maximum absolute atomic E-state index is 12.4. The van der Waals surface area contributed by atoms with E-state index in [4.69, 9.17) is 9.47 Å². The van der Waals surface area contributed by atoms with Gasteiger partial charge in [0.25, 0.3) is 11.6 Å². The third-order valence-electron chi connectivity index (χ3n) is 3.51. The molecule has 0 spiro atoms. The lowest BCUT2D eigenvalue weighted by atomic mass is 10.2. The van der Waals surface area contributed by atoms with Crippen LogP contribution in [-0.4, -0.2) is 29.0 Å². The van der Waals surface area contributed by atoms with Gasteiger partial charge in [-0.1, -0.05) is 0 Å². The van der Waals surface area contributed by atoms with E-state index in [1.165, 1.54) is 12.1 Å². The lowest BCUT2D eigenvalue weighted by Crippen LogP contribution is -2.29. The Kier molecular flexibility index (Phi) is 6.68. The number of hydrazine groups is 1. The number of nitro benzene ring substituents is 2. The smallest absolute Gasteiger partial charge is 0.300 e. The van der Waals surface area contributed by atoms with Crippen LogP contribution in [0.15, 0.2) is 36.4 Å². The fourth-order valence-electron chi connectivity index (χ4n) is 2.28. The maximum Gasteiger partial charge on any atom is 0.300 e. The molecule has 0 bridgehead atoms. The zero-order valence-electron chi connectivity index (χ0n) is 15.1. The Morgan fingerprint density at radius 3 is 2.25 bits per heavy atom. The van der Waals surface area contributed by atoms with Crippen molar-refractivity contribution >= 4 is 23.0 Å². The number of carbonyl (C=O) groups is 1. The van der Waals surface area contributed by atoms with Gasteiger partial charge in [-0.25, -0.2) is 0 Å². The standard InChI is InChI=1S/C17H18N4O7/c1-3-27-15-8-5-11(9-16(15)28-4-2)17(22)19-18-13-7-6-12(20(23)24)10-14(13)21(25)26/h5-10,18H,3-4H2,1-2H3,(H,19,22). The summed E-state index contributed by atoms with van der Waals surface area (Å²) < 4.78 is 10.9. The van der Waals surface area contributed by atoms with Gasteiger partial charge in [-0.2, -0.15) is 0 Å². The molecule has 0 saturated heterocycles. The minimum atomic E-state index is -0.786. The summed E-state index contributed by atoms with van der Waals surface area (Å²) in [5.41, 5.74) is 3.88. The van der Waals surface area contributed by atoms with Gasteiger partial charge in [-0.3, -0.25) is 35.9 Å². The number of amides is 1. The number of nitrogens with zero attached hydrogens (tertiary/aromatic N) is 2. The Hall–Kier alpha value is -3.89. The fourth-order valence-corrected chi connectivity index (χ4v) is 2.28. The molecule has 0 atom stereocenters. The fraction of sp³-hybridized carbons (Fsp3) is 0.235. The topological polar surface area (TPSA) is 146 Å². The van der Waals surface area contributed by atoms with E-state index in [-0.39, 0.29) is 11.3 Å². The molecule has 11 nitrogen and oxygen atoms in total. The average Bonchev–Trinajstić information content (AvgIpc) is 2.67. The van der Waals surface area contributed by atoms with Crippen LogP contribution in [0.25, 0.3) is 0 Å². The summed E-state index contributed by atoms with van der Waals surface area (Å²) in [6.45, 7) is 4.41. The monoisotopic (exact) mass is 390 g/mol. The van der Waals surface area contributed by atoms with Crippen LogP contribution in [0.2, 0.25) is 0 Å². The quantitative estimate of drug-likeness (QED) is 0.490. The molecule has 2 aromatic rings. The number of nitro groups is 2. The highest BCUT2D eigenvalue weighted by Gasteiger charge is 2.20. The number of hydrogen-bond donors (Lipinski definition) is 2. The predicted molar refractivity (Wildman–Crippen MR) is 99.6 cm³/mol. The Morgan fingerprint density at radius 1 is 0.964 bits per heavy atom.